The third-order valence-electron chi connectivity index (χ3n) is 5.73. The van der Waals surface area contributed by atoms with Gasteiger partial charge in [0.05, 0.1) is 0 Å². The zero-order valence-electron chi connectivity index (χ0n) is 18.3. The van der Waals surface area contributed by atoms with Crippen molar-refractivity contribution in [3.8, 4) is 23.0 Å². The molecule has 4 rings (SSSR count). The number of benzene rings is 2. The summed E-state index contributed by atoms with van der Waals surface area (Å²) >= 11 is 5.95. The van der Waals surface area contributed by atoms with Crippen LogP contribution in [0.4, 0.5) is 4.79 Å². The first-order chi connectivity index (χ1) is 16.0. The van der Waals surface area contributed by atoms with Gasteiger partial charge in [-0.05, 0) is 53.7 Å². The summed E-state index contributed by atoms with van der Waals surface area (Å²) in [5.41, 5.74) is 5.39. The van der Waals surface area contributed by atoms with Crippen LogP contribution in [0.5, 0.6) is 0 Å². The van der Waals surface area contributed by atoms with Crippen molar-refractivity contribution in [3.63, 3.8) is 0 Å². The largest absolute Gasteiger partial charge is 0.465 e. The highest BCUT2D eigenvalue weighted by Crippen LogP contribution is 2.20. The molecule has 0 radical (unpaired) electrons. The summed E-state index contributed by atoms with van der Waals surface area (Å²) in [6.07, 6.45) is 3.42. The monoisotopic (exact) mass is 459 g/mol. The Morgan fingerprint density at radius 3 is 2.48 bits per heavy atom. The van der Waals surface area contributed by atoms with E-state index in [4.69, 9.17) is 16.7 Å². The number of nitrogens with zero attached hydrogens (tertiary/aromatic N) is 2. The number of hydrogen-bond donors (Lipinski definition) is 2. The van der Waals surface area contributed by atoms with E-state index in [-0.39, 0.29) is 6.04 Å². The van der Waals surface area contributed by atoms with Crippen LogP contribution < -0.4 is 5.32 Å². The summed E-state index contributed by atoms with van der Waals surface area (Å²) in [6, 6.07) is 20.3. The van der Waals surface area contributed by atoms with Gasteiger partial charge in [0.1, 0.15) is 5.69 Å². The minimum absolute atomic E-state index is 0.0310. The first kappa shape index (κ1) is 22.8. The van der Waals surface area contributed by atoms with Crippen molar-refractivity contribution >= 4 is 17.7 Å². The maximum absolute atomic E-state index is 10.8. The predicted octanol–water partition coefficient (Wildman–Crippen LogP) is 5.23. The molecule has 1 fully saturated rings. The first-order valence-electron chi connectivity index (χ1n) is 11.1. The molecule has 0 aliphatic carbocycles. The van der Waals surface area contributed by atoms with E-state index < -0.39 is 6.09 Å². The second-order valence-corrected chi connectivity index (χ2v) is 8.66. The Bertz CT molecular complexity index is 1130. The quantitative estimate of drug-likeness (QED) is 0.495. The fourth-order valence-electron chi connectivity index (χ4n) is 3.98. The molecular weight excluding hydrogens is 434 g/mol. The molecule has 1 aliphatic rings. The Balaban J connectivity index is 1.23. The number of aryl methyl sites for hydroxylation is 1. The normalized spacial score (nSPS) is 15.6. The fraction of sp³-hybridized carbons (Fsp3) is 0.259. The van der Waals surface area contributed by atoms with Gasteiger partial charge in [-0.2, -0.15) is 0 Å². The molecule has 1 aromatic heterocycles. The average molecular weight is 460 g/mol. The maximum Gasteiger partial charge on any atom is 0.404 e. The zero-order valence-corrected chi connectivity index (χ0v) is 19.1. The van der Waals surface area contributed by atoms with Gasteiger partial charge in [0, 0.05) is 48.9 Å². The molecule has 33 heavy (non-hydrogen) atoms. The number of aromatic nitrogens is 1. The molecule has 1 unspecified atom stereocenters. The molecule has 5 nitrogen and oxygen atoms in total. The van der Waals surface area contributed by atoms with E-state index in [0.717, 1.165) is 60.7 Å². The maximum atomic E-state index is 10.8. The number of rotatable bonds is 6. The van der Waals surface area contributed by atoms with Gasteiger partial charge in [0.25, 0.3) is 0 Å². The summed E-state index contributed by atoms with van der Waals surface area (Å²) in [4.78, 5) is 17.5. The van der Waals surface area contributed by atoms with Crippen molar-refractivity contribution in [1.29, 1.82) is 0 Å². The Morgan fingerprint density at radius 1 is 1.06 bits per heavy atom. The van der Waals surface area contributed by atoms with Gasteiger partial charge in [-0.15, -0.1) is 0 Å². The SMILES string of the molecule is O=C(O)NC1CCN(Cc2ccc(CCC#Cc3ccc(-c4ccc(Cl)cc4)cn3)cc2)C1. The van der Waals surface area contributed by atoms with E-state index in [1.165, 1.54) is 11.1 Å². The van der Waals surface area contributed by atoms with Crippen LogP contribution in [0.15, 0.2) is 66.9 Å². The standard InChI is InChI=1S/C27H26ClN3O2/c28-24-12-9-22(10-13-24)23-11-14-25(29-17-23)4-2-1-3-20-5-7-21(8-6-20)18-31-16-15-26(19-31)30-27(32)33/h5-14,17,26,30H,1,3,15-16,18-19H2,(H,32,33). The molecule has 1 saturated heterocycles. The topological polar surface area (TPSA) is 65.5 Å². The Kier molecular flexibility index (Phi) is 7.62. The number of carbonyl (C=O) groups is 1. The van der Waals surface area contributed by atoms with Crippen LogP contribution in [0.1, 0.15) is 29.7 Å². The summed E-state index contributed by atoms with van der Waals surface area (Å²) in [7, 11) is 0. The van der Waals surface area contributed by atoms with E-state index in [1.807, 2.05) is 42.6 Å². The predicted molar refractivity (Wildman–Crippen MR) is 131 cm³/mol. The molecule has 2 aromatic carbocycles. The van der Waals surface area contributed by atoms with Gasteiger partial charge < -0.3 is 10.4 Å². The van der Waals surface area contributed by atoms with Gasteiger partial charge >= 0.3 is 6.09 Å². The van der Waals surface area contributed by atoms with Gasteiger partial charge in [0.15, 0.2) is 0 Å². The minimum atomic E-state index is -0.944. The van der Waals surface area contributed by atoms with Crippen LogP contribution >= 0.6 is 11.6 Å². The molecule has 0 saturated carbocycles. The molecule has 1 atom stereocenters. The van der Waals surface area contributed by atoms with Gasteiger partial charge in [-0.25, -0.2) is 9.78 Å². The van der Waals surface area contributed by atoms with E-state index in [0.29, 0.717) is 0 Å². The third-order valence-corrected chi connectivity index (χ3v) is 5.98. The Hall–Kier alpha value is -3.33. The molecule has 2 heterocycles. The van der Waals surface area contributed by atoms with Crippen molar-refractivity contribution in [2.75, 3.05) is 13.1 Å². The van der Waals surface area contributed by atoms with Gasteiger partial charge in [0.2, 0.25) is 0 Å². The zero-order chi connectivity index (χ0) is 23.0. The van der Waals surface area contributed by atoms with Crippen LogP contribution in [-0.4, -0.2) is 40.2 Å². The highest BCUT2D eigenvalue weighted by atomic mass is 35.5. The summed E-state index contributed by atoms with van der Waals surface area (Å²) in [5.74, 6) is 6.36. The second kappa shape index (κ2) is 11.0. The lowest BCUT2D eigenvalue weighted by Crippen LogP contribution is -2.35. The molecule has 6 heteroatoms. The number of likely N-dealkylation sites (tertiary alicyclic amines) is 1. The minimum Gasteiger partial charge on any atom is -0.465 e. The summed E-state index contributed by atoms with van der Waals surface area (Å²) in [6.45, 7) is 2.52. The smallest absolute Gasteiger partial charge is 0.404 e. The second-order valence-electron chi connectivity index (χ2n) is 8.23. The van der Waals surface area contributed by atoms with E-state index in [2.05, 4.69) is 51.3 Å². The van der Waals surface area contributed by atoms with E-state index >= 15 is 0 Å². The Labute approximate surface area is 199 Å². The molecule has 168 valence electrons. The van der Waals surface area contributed by atoms with Crippen molar-refractivity contribution in [1.82, 2.24) is 15.2 Å². The van der Waals surface area contributed by atoms with Crippen LogP contribution in [0.2, 0.25) is 5.02 Å². The van der Waals surface area contributed by atoms with Crippen LogP contribution in [0.3, 0.4) is 0 Å². The summed E-state index contributed by atoms with van der Waals surface area (Å²) < 4.78 is 0. The third kappa shape index (κ3) is 6.82. The number of amides is 1. The lowest BCUT2D eigenvalue weighted by atomic mass is 10.1. The van der Waals surface area contributed by atoms with Crippen molar-refractivity contribution in [2.45, 2.75) is 31.8 Å². The number of carboxylic acid groups (broad SMARTS) is 1. The number of hydrogen-bond acceptors (Lipinski definition) is 3. The molecule has 1 amide bonds. The van der Waals surface area contributed by atoms with E-state index in [1.54, 1.807) is 0 Å². The molecule has 2 N–H and O–H groups in total. The van der Waals surface area contributed by atoms with E-state index in [9.17, 15) is 4.79 Å². The number of nitrogens with one attached hydrogen (secondary N) is 1. The van der Waals surface area contributed by atoms with Crippen molar-refractivity contribution in [3.05, 3.63) is 88.7 Å². The number of pyridine rings is 1. The molecule has 3 aromatic rings. The van der Waals surface area contributed by atoms with Crippen LogP contribution in [-0.2, 0) is 13.0 Å². The average Bonchev–Trinajstić information content (AvgIpc) is 3.25. The molecule has 0 spiro atoms. The van der Waals surface area contributed by atoms with Crippen LogP contribution in [0.25, 0.3) is 11.1 Å². The van der Waals surface area contributed by atoms with Gasteiger partial charge in [-0.3, -0.25) is 4.90 Å². The summed E-state index contributed by atoms with van der Waals surface area (Å²) in [5, 5.41) is 12.1. The molecule has 0 bridgehead atoms. The van der Waals surface area contributed by atoms with Crippen molar-refractivity contribution < 1.29 is 9.90 Å². The lowest BCUT2D eigenvalue weighted by Gasteiger charge is -2.16. The van der Waals surface area contributed by atoms with Crippen molar-refractivity contribution in [2.24, 2.45) is 0 Å². The van der Waals surface area contributed by atoms with Gasteiger partial charge in [-0.1, -0.05) is 60.0 Å². The van der Waals surface area contributed by atoms with Crippen LogP contribution in [0, 0.1) is 11.8 Å². The highest BCUT2D eigenvalue weighted by molar-refractivity contribution is 6.30. The first-order valence-corrected chi connectivity index (χ1v) is 11.4. The lowest BCUT2D eigenvalue weighted by molar-refractivity contribution is 0.189. The Morgan fingerprint density at radius 2 is 1.79 bits per heavy atom. The highest BCUT2D eigenvalue weighted by Gasteiger charge is 2.23. The fourth-order valence-corrected chi connectivity index (χ4v) is 4.11. The molecular formula is C27H26ClN3O2. The number of halogens is 1. The molecule has 1 aliphatic heterocycles.